The number of methoxy groups -OCH3 is 4. The SMILES string of the molecule is COc1ccc(C=CC(=O)c2c(OC)cc(O[C@@H]3O[C@H](CO[C@@H]4O[C@@H](C)[C@H](O)[C@@H](O)[C@H]4O)[C@@H](O)[C@H](O)[C@H]3O)cc2OC)cc1OC. The van der Waals surface area contributed by atoms with E-state index in [-0.39, 0.29) is 22.8 Å². The van der Waals surface area contributed by atoms with Gasteiger partial charge in [0.25, 0.3) is 0 Å². The molecule has 2 aliphatic heterocycles. The first-order valence-electron chi connectivity index (χ1n) is 14.3. The monoisotopic (exact) mass is 652 g/mol. The number of benzene rings is 2. The normalized spacial score (nSPS) is 31.4. The maximum Gasteiger partial charge on any atom is 0.229 e. The van der Waals surface area contributed by atoms with Crippen molar-refractivity contribution in [2.24, 2.45) is 0 Å². The second-order valence-corrected chi connectivity index (χ2v) is 10.7. The van der Waals surface area contributed by atoms with Crippen LogP contribution in [-0.2, 0) is 14.2 Å². The van der Waals surface area contributed by atoms with E-state index < -0.39 is 73.8 Å². The highest BCUT2D eigenvalue weighted by Crippen LogP contribution is 2.37. The lowest BCUT2D eigenvalue weighted by molar-refractivity contribution is -0.318. The Hall–Kier alpha value is -3.51. The zero-order chi connectivity index (χ0) is 33.7. The topological polar surface area (TPSA) is 212 Å². The largest absolute Gasteiger partial charge is 0.496 e. The van der Waals surface area contributed by atoms with Gasteiger partial charge in [-0.25, -0.2) is 0 Å². The molecule has 2 fully saturated rings. The van der Waals surface area contributed by atoms with E-state index in [0.717, 1.165) is 0 Å². The molecule has 2 saturated heterocycles. The van der Waals surface area contributed by atoms with E-state index in [1.54, 1.807) is 24.3 Å². The maximum atomic E-state index is 13.3. The molecule has 2 aliphatic rings. The first-order valence-corrected chi connectivity index (χ1v) is 14.3. The third-order valence-electron chi connectivity index (χ3n) is 7.71. The molecule has 46 heavy (non-hydrogen) atoms. The molecule has 15 nitrogen and oxygen atoms in total. The molecule has 0 amide bonds. The molecule has 10 atom stereocenters. The van der Waals surface area contributed by atoms with Gasteiger partial charge in [-0.2, -0.15) is 0 Å². The lowest BCUT2D eigenvalue weighted by Crippen LogP contribution is -2.61. The predicted octanol–water partition coefficient (Wildman–Crippen LogP) is -0.352. The quantitative estimate of drug-likeness (QED) is 0.128. The number of ketones is 1. The molecule has 0 saturated carbocycles. The fourth-order valence-electron chi connectivity index (χ4n) is 5.04. The number of ether oxygens (including phenoxy) is 8. The average Bonchev–Trinajstić information content (AvgIpc) is 3.07. The molecule has 2 aromatic rings. The maximum absolute atomic E-state index is 13.3. The van der Waals surface area contributed by atoms with Gasteiger partial charge in [-0.3, -0.25) is 4.79 Å². The summed E-state index contributed by atoms with van der Waals surface area (Å²) in [6.45, 7) is 1.01. The van der Waals surface area contributed by atoms with Crippen LogP contribution in [0, 0.1) is 0 Å². The van der Waals surface area contributed by atoms with E-state index in [1.165, 1.54) is 53.6 Å². The van der Waals surface area contributed by atoms with Crippen LogP contribution < -0.4 is 23.7 Å². The van der Waals surface area contributed by atoms with Crippen LogP contribution in [0.25, 0.3) is 6.08 Å². The summed E-state index contributed by atoms with van der Waals surface area (Å²) in [5, 5.41) is 61.8. The summed E-state index contributed by atoms with van der Waals surface area (Å²) >= 11 is 0. The molecule has 0 aliphatic carbocycles. The summed E-state index contributed by atoms with van der Waals surface area (Å²) in [4.78, 5) is 13.3. The van der Waals surface area contributed by atoms with Crippen LogP contribution in [-0.4, -0.2) is 133 Å². The van der Waals surface area contributed by atoms with Crippen molar-refractivity contribution in [3.8, 4) is 28.7 Å². The minimum Gasteiger partial charge on any atom is -0.496 e. The molecule has 0 unspecified atom stereocenters. The molecule has 0 radical (unpaired) electrons. The van der Waals surface area contributed by atoms with E-state index in [9.17, 15) is 35.4 Å². The molecule has 4 rings (SSSR count). The second-order valence-electron chi connectivity index (χ2n) is 10.7. The summed E-state index contributed by atoms with van der Waals surface area (Å²) < 4.78 is 43.8. The van der Waals surface area contributed by atoms with E-state index in [1.807, 2.05) is 0 Å². The Labute approximate surface area is 265 Å². The van der Waals surface area contributed by atoms with Crippen molar-refractivity contribution < 1.29 is 73.3 Å². The summed E-state index contributed by atoms with van der Waals surface area (Å²) in [6, 6.07) is 7.87. The van der Waals surface area contributed by atoms with E-state index in [2.05, 4.69) is 0 Å². The molecule has 254 valence electrons. The second kappa shape index (κ2) is 15.4. The van der Waals surface area contributed by atoms with Gasteiger partial charge in [-0.15, -0.1) is 0 Å². The van der Waals surface area contributed by atoms with Crippen LogP contribution in [0.5, 0.6) is 28.7 Å². The van der Waals surface area contributed by atoms with Crippen LogP contribution >= 0.6 is 0 Å². The van der Waals surface area contributed by atoms with Gasteiger partial charge in [0.2, 0.25) is 6.29 Å². The molecule has 0 bridgehead atoms. The third-order valence-corrected chi connectivity index (χ3v) is 7.71. The van der Waals surface area contributed by atoms with Gasteiger partial charge in [-0.05, 0) is 30.7 Å². The number of carbonyl (C=O) groups is 1. The molecular formula is C31H40O15. The van der Waals surface area contributed by atoms with Crippen LogP contribution in [0.15, 0.2) is 36.4 Å². The Morgan fingerprint density at radius 3 is 1.91 bits per heavy atom. The fourth-order valence-corrected chi connectivity index (χ4v) is 5.04. The van der Waals surface area contributed by atoms with Crippen molar-refractivity contribution in [2.75, 3.05) is 35.0 Å². The molecule has 0 aromatic heterocycles. The molecule has 6 N–H and O–H groups in total. The van der Waals surface area contributed by atoms with Crippen LogP contribution in [0.2, 0.25) is 0 Å². The number of hydrogen-bond donors (Lipinski definition) is 6. The zero-order valence-corrected chi connectivity index (χ0v) is 25.9. The van der Waals surface area contributed by atoms with Gasteiger partial charge >= 0.3 is 0 Å². The van der Waals surface area contributed by atoms with Gasteiger partial charge < -0.3 is 68.5 Å². The van der Waals surface area contributed by atoms with Gasteiger partial charge in [0.1, 0.15) is 65.5 Å². The highest BCUT2D eigenvalue weighted by molar-refractivity contribution is 6.10. The Morgan fingerprint density at radius 1 is 0.717 bits per heavy atom. The number of allylic oxidation sites excluding steroid dienone is 1. The lowest BCUT2D eigenvalue weighted by atomic mass is 9.98. The molecule has 2 aromatic carbocycles. The zero-order valence-electron chi connectivity index (χ0n) is 25.9. The predicted molar refractivity (Wildman–Crippen MR) is 158 cm³/mol. The number of carbonyl (C=O) groups excluding carboxylic acids is 1. The summed E-state index contributed by atoms with van der Waals surface area (Å²) in [5.74, 6) is 0.725. The summed E-state index contributed by atoms with van der Waals surface area (Å²) in [7, 11) is 5.69. The molecule has 0 spiro atoms. The number of rotatable bonds is 12. The summed E-state index contributed by atoms with van der Waals surface area (Å²) in [6.07, 6.45) is -11.8. The van der Waals surface area contributed by atoms with Crippen molar-refractivity contribution in [1.82, 2.24) is 0 Å². The average molecular weight is 653 g/mol. The van der Waals surface area contributed by atoms with Gasteiger partial charge in [0.05, 0.1) is 41.2 Å². The van der Waals surface area contributed by atoms with Crippen molar-refractivity contribution in [1.29, 1.82) is 0 Å². The van der Waals surface area contributed by atoms with Crippen LogP contribution in [0.1, 0.15) is 22.8 Å². The Kier molecular flexibility index (Phi) is 11.8. The number of hydrogen-bond acceptors (Lipinski definition) is 15. The fraction of sp³-hybridized carbons (Fsp3) is 0.516. The van der Waals surface area contributed by atoms with E-state index in [0.29, 0.717) is 17.1 Å². The highest BCUT2D eigenvalue weighted by atomic mass is 16.7. The Morgan fingerprint density at radius 2 is 1.30 bits per heavy atom. The third kappa shape index (κ3) is 7.54. The van der Waals surface area contributed by atoms with Crippen molar-refractivity contribution in [2.45, 2.75) is 68.3 Å². The lowest BCUT2D eigenvalue weighted by Gasteiger charge is -2.42. The Bertz CT molecular complexity index is 1340. The van der Waals surface area contributed by atoms with Crippen LogP contribution in [0.4, 0.5) is 0 Å². The minimum absolute atomic E-state index is 0.0263. The van der Waals surface area contributed by atoms with Crippen LogP contribution in [0.3, 0.4) is 0 Å². The highest BCUT2D eigenvalue weighted by Gasteiger charge is 2.47. The van der Waals surface area contributed by atoms with Crippen molar-refractivity contribution in [3.63, 3.8) is 0 Å². The van der Waals surface area contributed by atoms with E-state index in [4.69, 9.17) is 37.9 Å². The van der Waals surface area contributed by atoms with Gasteiger partial charge in [0, 0.05) is 12.1 Å². The minimum atomic E-state index is -1.73. The first-order chi connectivity index (χ1) is 21.9. The smallest absolute Gasteiger partial charge is 0.229 e. The Balaban J connectivity index is 1.50. The standard InChI is InChI=1S/C31H40O15/c1-14-24(33)26(35)28(37)30(44-14)43-13-22-25(34)27(36)29(38)31(46-22)45-16-11-20(41-4)23(21(12-16)42-5)17(32)8-6-15-7-9-18(39-2)19(10-15)40-3/h6-12,14,22,24-31,33-38H,13H2,1-5H3/t14-,22+,24-,25+,26+,27-,28+,29+,30+,31+/m0/s1. The molecule has 15 heteroatoms. The van der Waals surface area contributed by atoms with Crippen molar-refractivity contribution in [3.05, 3.63) is 47.5 Å². The number of aliphatic hydroxyl groups excluding tert-OH is 6. The van der Waals surface area contributed by atoms with E-state index >= 15 is 0 Å². The molecular weight excluding hydrogens is 612 g/mol. The van der Waals surface area contributed by atoms with Gasteiger partial charge in [0.15, 0.2) is 23.6 Å². The summed E-state index contributed by atoms with van der Waals surface area (Å²) in [5.41, 5.74) is 0.743. The van der Waals surface area contributed by atoms with Crippen molar-refractivity contribution >= 4 is 11.9 Å². The van der Waals surface area contributed by atoms with Gasteiger partial charge in [-0.1, -0.05) is 12.1 Å². The molecule has 2 heterocycles. The number of aliphatic hydroxyl groups is 6. The first kappa shape index (κ1) is 35.3.